The topological polar surface area (TPSA) is 93.2 Å². The van der Waals surface area contributed by atoms with Gasteiger partial charge in [-0.2, -0.15) is 0 Å². The third kappa shape index (κ3) is 4.72. The smallest absolute Gasteiger partial charge is 0.286 e. The van der Waals surface area contributed by atoms with E-state index in [1.54, 1.807) is 31.4 Å². The van der Waals surface area contributed by atoms with Crippen LogP contribution in [-0.2, 0) is 13.0 Å². The second kappa shape index (κ2) is 9.09. The van der Waals surface area contributed by atoms with Gasteiger partial charge in [-0.1, -0.05) is 42.5 Å². The number of aromatic nitrogens is 2. The van der Waals surface area contributed by atoms with Crippen LogP contribution < -0.4 is 15.4 Å². The first-order valence-electron chi connectivity index (χ1n) is 8.74. The number of carbonyl (C=O) groups excluding carboxylic acids is 2. The molecule has 0 aliphatic heterocycles. The molecule has 0 saturated heterocycles. The zero-order valence-corrected chi connectivity index (χ0v) is 16.4. The number of hydrogen-bond acceptors (Lipinski definition) is 6. The fraction of sp³-hybridized carbons (Fsp3) is 0.200. The first-order chi connectivity index (χ1) is 13.6. The summed E-state index contributed by atoms with van der Waals surface area (Å²) in [6.45, 7) is 2.29. The van der Waals surface area contributed by atoms with Crippen LogP contribution in [0.4, 0.5) is 5.69 Å². The van der Waals surface area contributed by atoms with Gasteiger partial charge in [0.2, 0.25) is 5.01 Å². The second-order valence-electron chi connectivity index (χ2n) is 5.88. The highest BCUT2D eigenvalue weighted by Gasteiger charge is 2.14. The van der Waals surface area contributed by atoms with Crippen LogP contribution in [0, 0.1) is 0 Å². The summed E-state index contributed by atoms with van der Waals surface area (Å²) in [5, 5.41) is 14.5. The van der Waals surface area contributed by atoms with Gasteiger partial charge in [0.1, 0.15) is 10.8 Å². The largest absolute Gasteiger partial charge is 0.496 e. The van der Waals surface area contributed by atoms with E-state index in [0.717, 1.165) is 17.0 Å². The van der Waals surface area contributed by atoms with Crippen LogP contribution in [0.15, 0.2) is 48.5 Å². The minimum atomic E-state index is -0.344. The molecule has 0 atom stereocenters. The number of hydrogen-bond donors (Lipinski definition) is 2. The van der Waals surface area contributed by atoms with E-state index in [4.69, 9.17) is 4.74 Å². The number of nitrogens with zero attached hydrogens (tertiary/aromatic N) is 2. The molecule has 0 fully saturated rings. The van der Waals surface area contributed by atoms with Gasteiger partial charge in [-0.15, -0.1) is 10.2 Å². The molecule has 0 aliphatic carbocycles. The molecule has 2 amide bonds. The van der Waals surface area contributed by atoms with Crippen molar-refractivity contribution in [2.75, 3.05) is 12.4 Å². The van der Waals surface area contributed by atoms with Crippen LogP contribution in [-0.4, -0.2) is 29.1 Å². The monoisotopic (exact) mass is 396 g/mol. The highest BCUT2D eigenvalue weighted by Crippen LogP contribution is 2.18. The van der Waals surface area contributed by atoms with Crippen LogP contribution in [0.2, 0.25) is 0 Å². The Balaban J connectivity index is 1.65. The number of ether oxygens (including phenoxy) is 1. The fourth-order valence-corrected chi connectivity index (χ4v) is 3.21. The molecule has 0 bridgehead atoms. The van der Waals surface area contributed by atoms with E-state index in [0.29, 0.717) is 28.6 Å². The van der Waals surface area contributed by atoms with E-state index >= 15 is 0 Å². The molecule has 8 heteroatoms. The predicted octanol–water partition coefficient (Wildman–Crippen LogP) is 3.29. The fourth-order valence-electron chi connectivity index (χ4n) is 2.54. The van der Waals surface area contributed by atoms with Gasteiger partial charge in [-0.05, 0) is 30.7 Å². The number of nitrogens with one attached hydrogen (secondary N) is 2. The van der Waals surface area contributed by atoms with Gasteiger partial charge < -0.3 is 15.4 Å². The Morgan fingerprint density at radius 3 is 2.64 bits per heavy atom. The van der Waals surface area contributed by atoms with Crippen molar-refractivity contribution in [1.82, 2.24) is 15.5 Å². The molecule has 3 aromatic rings. The van der Waals surface area contributed by atoms with Crippen molar-refractivity contribution in [3.8, 4) is 5.75 Å². The zero-order chi connectivity index (χ0) is 19.9. The Morgan fingerprint density at radius 1 is 1.07 bits per heavy atom. The lowest BCUT2D eigenvalue weighted by Gasteiger charge is -2.10. The van der Waals surface area contributed by atoms with Crippen LogP contribution in [0.1, 0.15) is 37.7 Å². The van der Waals surface area contributed by atoms with E-state index in [1.165, 1.54) is 11.3 Å². The van der Waals surface area contributed by atoms with E-state index in [9.17, 15) is 9.59 Å². The molecular weight excluding hydrogens is 376 g/mol. The number of para-hydroxylation sites is 1. The Morgan fingerprint density at radius 2 is 1.89 bits per heavy atom. The number of aryl methyl sites for hydroxylation is 1. The van der Waals surface area contributed by atoms with Crippen molar-refractivity contribution < 1.29 is 14.3 Å². The number of anilines is 1. The van der Waals surface area contributed by atoms with Gasteiger partial charge in [-0.3, -0.25) is 9.59 Å². The summed E-state index contributed by atoms with van der Waals surface area (Å²) in [4.78, 5) is 24.8. The second-order valence-corrected chi connectivity index (χ2v) is 6.95. The summed E-state index contributed by atoms with van der Waals surface area (Å²) in [7, 11) is 1.59. The molecule has 2 N–H and O–H groups in total. The third-order valence-corrected chi connectivity index (χ3v) is 5.04. The SMILES string of the molecule is CCc1nnc(C(=O)Nc2cccc(C(=O)NCc3ccccc3OC)c2)s1. The van der Waals surface area contributed by atoms with E-state index in [1.807, 2.05) is 31.2 Å². The van der Waals surface area contributed by atoms with Gasteiger partial charge >= 0.3 is 0 Å². The Hall–Kier alpha value is -3.26. The van der Waals surface area contributed by atoms with E-state index in [-0.39, 0.29) is 11.8 Å². The summed E-state index contributed by atoms with van der Waals surface area (Å²) in [6, 6.07) is 14.2. The molecule has 3 rings (SSSR count). The predicted molar refractivity (Wildman–Crippen MR) is 108 cm³/mol. The number of methoxy groups -OCH3 is 1. The van der Waals surface area contributed by atoms with Gasteiger partial charge in [0.05, 0.1) is 7.11 Å². The van der Waals surface area contributed by atoms with Gasteiger partial charge in [0.15, 0.2) is 0 Å². The van der Waals surface area contributed by atoms with Crippen molar-refractivity contribution in [1.29, 1.82) is 0 Å². The summed E-state index contributed by atoms with van der Waals surface area (Å²) >= 11 is 1.25. The average Bonchev–Trinajstić information content (AvgIpc) is 3.22. The van der Waals surface area contributed by atoms with Crippen LogP contribution in [0.3, 0.4) is 0 Å². The van der Waals surface area contributed by atoms with Crippen molar-refractivity contribution >= 4 is 28.8 Å². The number of benzene rings is 2. The summed E-state index contributed by atoms with van der Waals surface area (Å²) < 4.78 is 5.29. The molecule has 144 valence electrons. The summed E-state index contributed by atoms with van der Waals surface area (Å²) in [5.74, 6) is 0.127. The number of carbonyl (C=O) groups is 2. The van der Waals surface area contributed by atoms with E-state index < -0.39 is 0 Å². The Kier molecular flexibility index (Phi) is 6.33. The van der Waals surface area contributed by atoms with Crippen LogP contribution >= 0.6 is 11.3 Å². The van der Waals surface area contributed by atoms with Crippen LogP contribution in [0.5, 0.6) is 5.75 Å². The summed E-state index contributed by atoms with van der Waals surface area (Å²) in [6.07, 6.45) is 0.729. The van der Waals surface area contributed by atoms with Crippen molar-refractivity contribution in [3.05, 3.63) is 69.7 Å². The molecule has 2 aromatic carbocycles. The first-order valence-corrected chi connectivity index (χ1v) is 9.56. The molecule has 0 saturated carbocycles. The maximum atomic E-state index is 12.5. The highest BCUT2D eigenvalue weighted by atomic mass is 32.1. The molecular formula is C20H20N4O3S. The average molecular weight is 396 g/mol. The molecule has 0 unspecified atom stereocenters. The van der Waals surface area contributed by atoms with Gasteiger partial charge in [0.25, 0.3) is 11.8 Å². The number of rotatable bonds is 7. The maximum Gasteiger partial charge on any atom is 0.286 e. The molecule has 0 spiro atoms. The van der Waals surface area contributed by atoms with E-state index in [2.05, 4.69) is 20.8 Å². The lowest BCUT2D eigenvalue weighted by molar-refractivity contribution is 0.0949. The van der Waals surface area contributed by atoms with Gasteiger partial charge in [-0.25, -0.2) is 0 Å². The van der Waals surface area contributed by atoms with Gasteiger partial charge in [0, 0.05) is 23.4 Å². The van der Waals surface area contributed by atoms with Crippen LogP contribution in [0.25, 0.3) is 0 Å². The highest BCUT2D eigenvalue weighted by molar-refractivity contribution is 7.13. The third-order valence-electron chi connectivity index (χ3n) is 3.98. The quantitative estimate of drug-likeness (QED) is 0.639. The minimum Gasteiger partial charge on any atom is -0.496 e. The summed E-state index contributed by atoms with van der Waals surface area (Å²) in [5.41, 5.74) is 1.84. The van der Waals surface area contributed by atoms with Crippen molar-refractivity contribution in [2.24, 2.45) is 0 Å². The zero-order valence-electron chi connectivity index (χ0n) is 15.6. The molecule has 1 heterocycles. The van der Waals surface area contributed by atoms with Crippen molar-refractivity contribution in [2.45, 2.75) is 19.9 Å². The number of amides is 2. The minimum absolute atomic E-state index is 0.244. The standard InChI is InChI=1S/C20H20N4O3S/c1-3-17-23-24-20(28-17)19(26)22-15-9-6-8-13(11-15)18(25)21-12-14-7-4-5-10-16(14)27-2/h4-11H,3,12H2,1-2H3,(H,21,25)(H,22,26). The first kappa shape index (κ1) is 19.5. The normalized spacial score (nSPS) is 10.4. The lowest BCUT2D eigenvalue weighted by Crippen LogP contribution is -2.23. The van der Waals surface area contributed by atoms with Crippen molar-refractivity contribution in [3.63, 3.8) is 0 Å². The molecule has 0 radical (unpaired) electrons. The lowest BCUT2D eigenvalue weighted by atomic mass is 10.1. The molecule has 1 aromatic heterocycles. The molecule has 0 aliphatic rings. The maximum absolute atomic E-state index is 12.5. The Labute approximate surface area is 166 Å². The molecule has 7 nitrogen and oxygen atoms in total. The molecule has 28 heavy (non-hydrogen) atoms. The Bertz CT molecular complexity index is 987.